The molecule has 0 aliphatic rings. The van der Waals surface area contributed by atoms with E-state index in [1.807, 2.05) is 222 Å². The summed E-state index contributed by atoms with van der Waals surface area (Å²) in [5, 5.41) is 25.0. The average Bonchev–Trinajstić information content (AvgIpc) is 0.835. The third-order valence-corrected chi connectivity index (χ3v) is 20.9. The fourth-order valence-electron chi connectivity index (χ4n) is 13.0. The second kappa shape index (κ2) is 68.5. The summed E-state index contributed by atoms with van der Waals surface area (Å²) in [7, 11) is 0. The number of carbonyl (C=O) groups excluding carboxylic acids is 4. The summed E-state index contributed by atoms with van der Waals surface area (Å²) in [4.78, 5) is 118. The molecular weight excluding hydrogens is 2030 g/mol. The van der Waals surface area contributed by atoms with Gasteiger partial charge in [0.05, 0.1) is 77.2 Å². The van der Waals surface area contributed by atoms with E-state index < -0.39 is 32.7 Å². The first kappa shape index (κ1) is 125. The molecule has 0 fully saturated rings. The second-order valence-electron chi connectivity index (χ2n) is 33.0. The van der Waals surface area contributed by atoms with Crippen LogP contribution in [0, 0.1) is 0 Å². The van der Waals surface area contributed by atoms with E-state index in [-0.39, 0.29) is 73.8 Å². The van der Waals surface area contributed by atoms with Gasteiger partial charge in [0.15, 0.2) is 6.29 Å². The molecule has 0 radical (unpaired) electrons. The van der Waals surface area contributed by atoms with E-state index in [1.165, 1.54) is 36.9 Å². The molecule has 13 aromatic rings. The number of halogens is 6. The molecule has 10 aromatic heterocycles. The van der Waals surface area contributed by atoms with Gasteiger partial charge in [-0.3, -0.25) is 19.2 Å². The number of hydrogen-bond acceptors (Lipinski definition) is 30. The number of nitrogens with two attached hydrogens (primary N) is 2. The standard InChI is InChI=1S/C28H33N5O2.C17H15ClN2O.C11H15ClN2O2.C11H19N3O.C10H12O2.C9H11ClN2O2.C9H11ClN2O.C8H7Cl2NO2.C3H9N.Mn.2O/c1-5-32(6-2)14-15-35-23-12-13-26(30-19-23)31-27-17-25-22(18-29-27)16-24(21-10-8-7-9-11-21)28(34)33(25)20(3)4;1-11(2)20-15-9-16(18)19-10-13(15)8-14(17(20)21)12-6-4-3-5-7-12;1-4-16-11(15)8-6-13-10(12)5-9(8)14-7(2)3;1-3-14(4-2)7-8-15-10-5-6-11(12)13-9-10;1-2-12-10(11)8-9-6-4-3-5-7-9;1-5(2)12-7-3-8(10)11-4-6(7)9(13)14;1-6(2)12-8-3-9(10)11-4-7(8)5-13;1-2-13-8(12)5-4-11-7(10)3-6(5)9;1-3(2)4;;;/h7-13,16-20H,5-6,14-15H2,1-4H3,(H,29,30,31);3-11H,1-2H3;5-7H,4H2,1-3H3,(H,13,14);5-6,9H,3-4,7-8H2,1-2H3,(H2,12,13);3-7H,2,8H2,1H3;3-5H,1-2H3,(H,11,12)(H,13,14);3-6H,1-2H3,(H,11,12);3-4H,2H2,1H3;3H,4H2,1-2H3;;;. The van der Waals surface area contributed by atoms with Crippen LogP contribution in [0.15, 0.2) is 223 Å². The number of benzene rings is 3. The van der Waals surface area contributed by atoms with E-state index in [9.17, 15) is 33.6 Å². The Morgan fingerprint density at radius 3 is 1.23 bits per heavy atom. The predicted octanol–water partition coefficient (Wildman–Crippen LogP) is 23.0. The monoisotopic (exact) mass is 2160 g/mol. The van der Waals surface area contributed by atoms with Crippen molar-refractivity contribution in [2.45, 2.75) is 174 Å². The molecule has 3 aromatic carbocycles. The molecule has 10 heterocycles. The number of nitrogen functional groups attached to an aromatic ring is 1. The molecule has 0 saturated heterocycles. The Labute approximate surface area is 889 Å². The summed E-state index contributed by atoms with van der Waals surface area (Å²) in [5.41, 5.74) is 19.5. The minimum absolute atomic E-state index is 0.00481. The number of anilines is 6. The number of carboxylic acids is 1. The summed E-state index contributed by atoms with van der Waals surface area (Å²) >= 11 is 33.0. The van der Waals surface area contributed by atoms with E-state index >= 15 is 0 Å². The van der Waals surface area contributed by atoms with Gasteiger partial charge in [-0.15, -0.1) is 0 Å². The number of nitrogens with zero attached hydrogens (tertiary/aromatic N) is 12. The van der Waals surface area contributed by atoms with Crippen LogP contribution in [0.1, 0.15) is 191 Å². The van der Waals surface area contributed by atoms with Crippen LogP contribution < -0.4 is 53.3 Å². The number of likely N-dealkylation sites (N-methyl/N-ethyl adjacent to an activating group) is 2. The number of carboxylic acid groups (broad SMARTS) is 1. The van der Waals surface area contributed by atoms with Crippen molar-refractivity contribution in [2.24, 2.45) is 5.73 Å². The van der Waals surface area contributed by atoms with Gasteiger partial charge in [-0.2, -0.15) is 0 Å². The number of esters is 3. The Kier molecular flexibility index (Phi) is 58.9. The van der Waals surface area contributed by atoms with Gasteiger partial charge in [0.2, 0.25) is 0 Å². The van der Waals surface area contributed by atoms with Gasteiger partial charge in [-0.25, -0.2) is 54.3 Å². The number of fused-ring (bicyclic) bond motifs is 2. The fraction of sp³-hybridized carbons (Fsp3) is 0.349. The molecule has 0 amide bonds. The van der Waals surface area contributed by atoms with Crippen LogP contribution in [0.2, 0.25) is 30.8 Å². The van der Waals surface area contributed by atoms with Crippen molar-refractivity contribution >= 4 is 156 Å². The molecule has 0 bridgehead atoms. The number of pyridine rings is 10. The number of nitrogens with one attached hydrogen (secondary N) is 4. The molecule has 785 valence electrons. The van der Waals surface area contributed by atoms with Gasteiger partial charge in [0, 0.05) is 114 Å². The number of aromatic carboxylic acids is 1. The summed E-state index contributed by atoms with van der Waals surface area (Å²) in [5.74, 6) is 1.25. The Hall–Kier alpha value is -12.8. The number of rotatable bonds is 33. The van der Waals surface area contributed by atoms with Crippen LogP contribution in [-0.2, 0) is 47.9 Å². The average molecular weight is 2170 g/mol. The molecule has 9 N–H and O–H groups in total. The number of aldehydes is 1. The third-order valence-electron chi connectivity index (χ3n) is 19.5. The number of ether oxygens (including phenoxy) is 5. The van der Waals surface area contributed by atoms with Gasteiger partial charge >= 0.3 is 46.4 Å². The molecule has 0 unspecified atom stereocenters. The Morgan fingerprint density at radius 1 is 0.445 bits per heavy atom. The van der Waals surface area contributed by atoms with Gasteiger partial charge in [-0.05, 0) is 206 Å². The maximum absolute atomic E-state index is 13.4. The molecule has 0 aliphatic carbocycles. The summed E-state index contributed by atoms with van der Waals surface area (Å²) in [6.45, 7) is 45.9. The molecule has 33 nitrogen and oxygen atoms in total. The van der Waals surface area contributed by atoms with E-state index in [2.05, 4.69) is 98.6 Å². The second-order valence-corrected chi connectivity index (χ2v) is 35.5. The zero-order valence-electron chi connectivity index (χ0n) is 85.6. The number of aromatic nitrogens is 10. The molecule has 0 atom stereocenters. The topological polar surface area (TPSA) is 440 Å². The van der Waals surface area contributed by atoms with Crippen LogP contribution >= 0.6 is 69.6 Å². The van der Waals surface area contributed by atoms with Gasteiger partial charge in [-0.1, -0.05) is 202 Å². The van der Waals surface area contributed by atoms with Crippen molar-refractivity contribution in [1.29, 1.82) is 0 Å². The molecular formula is C106H132Cl6MnN18O15. The van der Waals surface area contributed by atoms with Gasteiger partial charge < -0.3 is 80.5 Å². The summed E-state index contributed by atoms with van der Waals surface area (Å²) in [6, 6.07) is 50.9. The summed E-state index contributed by atoms with van der Waals surface area (Å²) in [6.07, 6.45) is 13.4. The van der Waals surface area contributed by atoms with Crippen LogP contribution in [0.5, 0.6) is 11.5 Å². The first-order valence-corrected chi connectivity index (χ1v) is 50.3. The molecule has 0 spiro atoms. The van der Waals surface area contributed by atoms with Crippen molar-refractivity contribution < 1.29 is 75.3 Å². The van der Waals surface area contributed by atoms with Crippen LogP contribution in [-0.4, -0.2) is 191 Å². The Morgan fingerprint density at radius 2 is 0.822 bits per heavy atom. The van der Waals surface area contributed by atoms with E-state index in [4.69, 9.17) is 118 Å². The van der Waals surface area contributed by atoms with Gasteiger partial charge in [0.1, 0.15) is 79.1 Å². The molecule has 0 saturated carbocycles. The van der Waals surface area contributed by atoms with Crippen molar-refractivity contribution in [3.63, 3.8) is 0 Å². The van der Waals surface area contributed by atoms with E-state index in [0.29, 0.717) is 112 Å². The SMILES string of the molecule is CC(C)N.CC(C)Nc1cc(Cl)ncc1C(=O)O.CC(C)Nc1cc(Cl)ncc1C=O.CC(C)n1c(=O)c(-c2ccccc2)cc2cnc(Cl)cc21.CCN(CC)CCOc1ccc(N)nc1.CCN(CC)CCOc1ccc(Nc2cc3c(cn2)cc(-c2ccccc2)c(=O)n3C(C)C)nc1.CCOC(=O)Cc1ccccc1.CCOC(=O)c1cnc(Cl)cc1Cl.CCOC(=O)c1cnc(Cl)cc1NC(C)C.[O]=[Mn]=[O]. The quantitative estimate of drug-likeness (QED) is 0.00660. The van der Waals surface area contributed by atoms with Crippen molar-refractivity contribution in [2.75, 3.05) is 99.3 Å². The molecule has 146 heavy (non-hydrogen) atoms. The van der Waals surface area contributed by atoms with E-state index in [0.717, 1.165) is 101 Å². The number of hydrogen-bond donors (Lipinski definition) is 7. The zero-order chi connectivity index (χ0) is 108. The Bertz CT molecular complexity index is 6330. The number of carbonyl (C=O) groups is 5. The molecule has 0 aliphatic heterocycles. The first-order valence-electron chi connectivity index (χ1n) is 47.1. The maximum atomic E-state index is 13.4. The minimum atomic E-state index is -1.44. The fourth-order valence-corrected chi connectivity index (χ4v) is 14.0. The van der Waals surface area contributed by atoms with Crippen molar-refractivity contribution in [3.05, 3.63) is 293 Å². The first-order chi connectivity index (χ1) is 69.6. The van der Waals surface area contributed by atoms with Crippen LogP contribution in [0.4, 0.5) is 34.5 Å². The van der Waals surface area contributed by atoms with Crippen LogP contribution in [0.25, 0.3) is 44.1 Å². The van der Waals surface area contributed by atoms with Crippen molar-refractivity contribution in [1.82, 2.24) is 58.8 Å². The zero-order valence-corrected chi connectivity index (χ0v) is 91.3. The summed E-state index contributed by atoms with van der Waals surface area (Å²) < 4.78 is 46.2. The van der Waals surface area contributed by atoms with Gasteiger partial charge in [0.25, 0.3) is 11.1 Å². The normalized spacial score (nSPS) is 10.4. The predicted molar refractivity (Wildman–Crippen MR) is 581 cm³/mol. The molecule has 13 rings (SSSR count). The third kappa shape index (κ3) is 45.8. The van der Waals surface area contributed by atoms with E-state index in [1.54, 1.807) is 67.5 Å². The Balaban J connectivity index is 0.000000355. The van der Waals surface area contributed by atoms with Crippen LogP contribution in [0.3, 0.4) is 0 Å². The molecule has 40 heteroatoms. The van der Waals surface area contributed by atoms with Crippen molar-refractivity contribution in [3.8, 4) is 33.8 Å².